The van der Waals surface area contributed by atoms with Gasteiger partial charge in [-0.3, -0.25) is 9.59 Å². The Morgan fingerprint density at radius 1 is 1.27 bits per heavy atom. The van der Waals surface area contributed by atoms with E-state index in [1.54, 1.807) is 0 Å². The summed E-state index contributed by atoms with van der Waals surface area (Å²) in [5, 5.41) is 7.12. The van der Waals surface area contributed by atoms with Crippen molar-refractivity contribution in [1.29, 1.82) is 0 Å². The lowest BCUT2D eigenvalue weighted by Crippen LogP contribution is -2.47. The Kier molecular flexibility index (Phi) is 6.29. The Labute approximate surface area is 178 Å². The fourth-order valence-electron chi connectivity index (χ4n) is 3.67. The second-order valence-electron chi connectivity index (χ2n) is 9.44. The monoisotopic (exact) mass is 412 g/mol. The van der Waals surface area contributed by atoms with Crippen molar-refractivity contribution < 1.29 is 14.1 Å². The van der Waals surface area contributed by atoms with Gasteiger partial charge in [-0.05, 0) is 31.4 Å². The standard InChI is InChI=1S/C23H32N4O3/c1-14(2)19-25-21(30-26-19)17-11-7-9-15(3)18(17)24-20(28)16-10-8-12-27(13-16)22(29)23(4,5)6/h7,9,11,14,16H,8,10,12-13H2,1-6H3,(H,24,28). The highest BCUT2D eigenvalue weighted by atomic mass is 16.5. The van der Waals surface area contributed by atoms with Gasteiger partial charge in [-0.25, -0.2) is 0 Å². The summed E-state index contributed by atoms with van der Waals surface area (Å²) in [5.41, 5.74) is 1.86. The summed E-state index contributed by atoms with van der Waals surface area (Å²) in [4.78, 5) is 32.1. The van der Waals surface area contributed by atoms with Crippen LogP contribution in [-0.2, 0) is 9.59 Å². The van der Waals surface area contributed by atoms with E-state index in [9.17, 15) is 9.59 Å². The molecule has 1 aliphatic rings. The number of rotatable bonds is 4. The molecule has 1 unspecified atom stereocenters. The third kappa shape index (κ3) is 4.71. The number of aryl methyl sites for hydroxylation is 1. The Balaban J connectivity index is 1.80. The van der Waals surface area contributed by atoms with Gasteiger partial charge in [0.1, 0.15) is 0 Å². The van der Waals surface area contributed by atoms with Crippen molar-refractivity contribution >= 4 is 17.5 Å². The Hall–Kier alpha value is -2.70. The molecular weight excluding hydrogens is 380 g/mol. The first-order valence-electron chi connectivity index (χ1n) is 10.6. The summed E-state index contributed by atoms with van der Waals surface area (Å²) in [5.74, 6) is 0.938. The molecule has 1 saturated heterocycles. The molecule has 1 atom stereocenters. The number of nitrogens with one attached hydrogen (secondary N) is 1. The van der Waals surface area contributed by atoms with Crippen LogP contribution in [0.4, 0.5) is 5.69 Å². The van der Waals surface area contributed by atoms with E-state index in [4.69, 9.17) is 4.52 Å². The topological polar surface area (TPSA) is 88.3 Å². The molecule has 1 fully saturated rings. The van der Waals surface area contributed by atoms with E-state index in [2.05, 4.69) is 15.5 Å². The van der Waals surface area contributed by atoms with Crippen LogP contribution in [0.25, 0.3) is 11.5 Å². The van der Waals surface area contributed by atoms with Crippen LogP contribution < -0.4 is 5.32 Å². The number of likely N-dealkylation sites (tertiary alicyclic amines) is 1. The smallest absolute Gasteiger partial charge is 0.260 e. The summed E-state index contributed by atoms with van der Waals surface area (Å²) in [6.07, 6.45) is 1.58. The van der Waals surface area contributed by atoms with Crippen LogP contribution in [0.5, 0.6) is 0 Å². The molecule has 1 aliphatic heterocycles. The van der Waals surface area contributed by atoms with Gasteiger partial charge in [0, 0.05) is 24.4 Å². The zero-order valence-corrected chi connectivity index (χ0v) is 18.8. The average molecular weight is 413 g/mol. The highest BCUT2D eigenvalue weighted by molar-refractivity contribution is 5.97. The van der Waals surface area contributed by atoms with Gasteiger partial charge < -0.3 is 14.7 Å². The Morgan fingerprint density at radius 3 is 2.63 bits per heavy atom. The maximum atomic E-state index is 13.1. The first kappa shape index (κ1) is 22.0. The molecule has 0 spiro atoms. The lowest BCUT2D eigenvalue weighted by Gasteiger charge is -2.36. The normalized spacial score (nSPS) is 17.3. The number of aromatic nitrogens is 2. The fourth-order valence-corrected chi connectivity index (χ4v) is 3.67. The number of hydrogen-bond donors (Lipinski definition) is 1. The van der Waals surface area contributed by atoms with E-state index >= 15 is 0 Å². The zero-order valence-electron chi connectivity index (χ0n) is 18.8. The number of nitrogens with zero attached hydrogens (tertiary/aromatic N) is 3. The first-order valence-corrected chi connectivity index (χ1v) is 10.6. The van der Waals surface area contributed by atoms with Crippen LogP contribution in [0.3, 0.4) is 0 Å². The van der Waals surface area contributed by atoms with Crippen LogP contribution >= 0.6 is 0 Å². The highest BCUT2D eigenvalue weighted by Gasteiger charge is 2.33. The number of carbonyl (C=O) groups excluding carboxylic acids is 2. The first-order chi connectivity index (χ1) is 14.1. The lowest BCUT2D eigenvalue weighted by molar-refractivity contribution is -0.142. The largest absolute Gasteiger partial charge is 0.341 e. The summed E-state index contributed by atoms with van der Waals surface area (Å²) >= 11 is 0. The molecule has 30 heavy (non-hydrogen) atoms. The summed E-state index contributed by atoms with van der Waals surface area (Å²) in [6, 6.07) is 5.72. The fraction of sp³-hybridized carbons (Fsp3) is 0.565. The molecule has 0 radical (unpaired) electrons. The number of carbonyl (C=O) groups is 2. The number of benzene rings is 1. The van der Waals surface area contributed by atoms with Gasteiger partial charge in [-0.1, -0.05) is 51.9 Å². The van der Waals surface area contributed by atoms with Crippen LogP contribution in [0.15, 0.2) is 22.7 Å². The summed E-state index contributed by atoms with van der Waals surface area (Å²) < 4.78 is 5.46. The summed E-state index contributed by atoms with van der Waals surface area (Å²) in [7, 11) is 0. The molecule has 0 bridgehead atoms. The molecule has 2 aromatic rings. The Morgan fingerprint density at radius 2 is 2.00 bits per heavy atom. The van der Waals surface area contributed by atoms with Gasteiger partial charge in [0.05, 0.1) is 17.2 Å². The van der Waals surface area contributed by atoms with E-state index in [1.165, 1.54) is 0 Å². The average Bonchev–Trinajstić information content (AvgIpc) is 3.18. The van der Waals surface area contributed by atoms with Crippen molar-refractivity contribution in [2.45, 2.75) is 60.3 Å². The number of amides is 2. The number of para-hydroxylation sites is 1. The van der Waals surface area contributed by atoms with Gasteiger partial charge in [-0.2, -0.15) is 4.98 Å². The molecule has 7 heteroatoms. The second-order valence-corrected chi connectivity index (χ2v) is 9.44. The second kappa shape index (κ2) is 8.58. The molecule has 2 heterocycles. The van der Waals surface area contributed by atoms with E-state index in [0.717, 1.165) is 18.4 Å². The van der Waals surface area contributed by atoms with Crippen molar-refractivity contribution in [1.82, 2.24) is 15.0 Å². The van der Waals surface area contributed by atoms with Crippen molar-refractivity contribution in [3.05, 3.63) is 29.6 Å². The molecule has 1 aromatic heterocycles. The third-order valence-electron chi connectivity index (χ3n) is 5.43. The third-order valence-corrected chi connectivity index (χ3v) is 5.43. The van der Waals surface area contributed by atoms with Crippen molar-refractivity contribution in [3.8, 4) is 11.5 Å². The maximum Gasteiger partial charge on any atom is 0.260 e. The number of piperidine rings is 1. The number of anilines is 1. The highest BCUT2D eigenvalue weighted by Crippen LogP contribution is 2.32. The van der Waals surface area contributed by atoms with Gasteiger partial charge in [0.15, 0.2) is 5.82 Å². The van der Waals surface area contributed by atoms with Crippen LogP contribution in [0.1, 0.15) is 64.8 Å². The molecule has 7 nitrogen and oxygen atoms in total. The predicted octanol–water partition coefficient (Wildman–Crippen LogP) is 4.39. The van der Waals surface area contributed by atoms with Crippen molar-refractivity contribution in [2.75, 3.05) is 18.4 Å². The maximum absolute atomic E-state index is 13.1. The minimum Gasteiger partial charge on any atom is -0.341 e. The van der Waals surface area contributed by atoms with Crippen molar-refractivity contribution in [2.24, 2.45) is 11.3 Å². The molecule has 1 aromatic carbocycles. The molecule has 2 amide bonds. The minimum atomic E-state index is -0.451. The predicted molar refractivity (Wildman–Crippen MR) is 116 cm³/mol. The summed E-state index contributed by atoms with van der Waals surface area (Å²) in [6.45, 7) is 12.8. The molecule has 162 valence electrons. The van der Waals surface area contributed by atoms with Crippen LogP contribution in [0.2, 0.25) is 0 Å². The molecule has 0 aliphatic carbocycles. The van der Waals surface area contributed by atoms with Crippen LogP contribution in [-0.4, -0.2) is 39.9 Å². The van der Waals surface area contributed by atoms with Gasteiger partial charge in [0.25, 0.3) is 5.89 Å². The molecule has 1 N–H and O–H groups in total. The van der Waals surface area contributed by atoms with E-state index in [1.807, 2.05) is 64.6 Å². The van der Waals surface area contributed by atoms with E-state index in [0.29, 0.717) is 36.1 Å². The van der Waals surface area contributed by atoms with E-state index < -0.39 is 5.41 Å². The SMILES string of the molecule is Cc1cccc(-c2nc(C(C)C)no2)c1NC(=O)C1CCCN(C(=O)C(C)(C)C)C1. The van der Waals surface area contributed by atoms with Crippen LogP contribution in [0, 0.1) is 18.3 Å². The van der Waals surface area contributed by atoms with E-state index in [-0.39, 0.29) is 23.7 Å². The molecular formula is C23H32N4O3. The zero-order chi connectivity index (χ0) is 22.1. The van der Waals surface area contributed by atoms with Gasteiger partial charge >= 0.3 is 0 Å². The molecule has 3 rings (SSSR count). The molecule has 0 saturated carbocycles. The minimum absolute atomic E-state index is 0.0828. The van der Waals surface area contributed by atoms with Gasteiger partial charge in [-0.15, -0.1) is 0 Å². The number of hydrogen-bond acceptors (Lipinski definition) is 5. The lowest BCUT2D eigenvalue weighted by atomic mass is 9.90. The van der Waals surface area contributed by atoms with Gasteiger partial charge in [0.2, 0.25) is 11.8 Å². The Bertz CT molecular complexity index is 927. The van der Waals surface area contributed by atoms with Crippen molar-refractivity contribution in [3.63, 3.8) is 0 Å². The quantitative estimate of drug-likeness (QED) is 0.804.